The number of fused-ring (bicyclic) bond motifs is 1. The van der Waals surface area contributed by atoms with E-state index in [-0.39, 0.29) is 11.5 Å². The summed E-state index contributed by atoms with van der Waals surface area (Å²) in [5, 5.41) is 3.62. The molecule has 0 atom stereocenters. The Morgan fingerprint density at radius 1 is 1.10 bits per heavy atom. The first-order valence-electron chi connectivity index (χ1n) is 9.65. The molecule has 0 saturated carbocycles. The molecule has 2 aliphatic heterocycles. The Bertz CT molecular complexity index is 1130. The second-order valence-corrected chi connectivity index (χ2v) is 10.7. The van der Waals surface area contributed by atoms with Crippen LogP contribution in [0.2, 0.25) is 0 Å². The number of aryl methyl sites for hydroxylation is 2. The van der Waals surface area contributed by atoms with Crippen molar-refractivity contribution in [1.82, 2.24) is 0 Å². The van der Waals surface area contributed by atoms with Crippen molar-refractivity contribution in [2.24, 2.45) is 0 Å². The minimum absolute atomic E-state index is 0.318. The molecule has 2 aromatic carbocycles. The van der Waals surface area contributed by atoms with Gasteiger partial charge in [-0.3, -0.25) is 0 Å². The molecule has 0 aromatic heterocycles. The summed E-state index contributed by atoms with van der Waals surface area (Å²) in [4.78, 5) is 15.0. The van der Waals surface area contributed by atoms with Crippen LogP contribution in [0.1, 0.15) is 36.1 Å². The largest absolute Gasteiger partial charge is 0.465 e. The van der Waals surface area contributed by atoms with Gasteiger partial charge in [0.1, 0.15) is 4.91 Å². The van der Waals surface area contributed by atoms with Crippen LogP contribution in [0.15, 0.2) is 51.6 Å². The van der Waals surface area contributed by atoms with Crippen molar-refractivity contribution in [3.63, 3.8) is 0 Å². The maximum Gasteiger partial charge on any atom is 0.345 e. The molecule has 0 amide bonds. The van der Waals surface area contributed by atoms with Gasteiger partial charge in [0, 0.05) is 26.6 Å². The van der Waals surface area contributed by atoms with Gasteiger partial charge in [-0.15, -0.1) is 0 Å². The highest BCUT2D eigenvalue weighted by Gasteiger charge is 2.39. The summed E-state index contributed by atoms with van der Waals surface area (Å²) in [6.45, 7) is 8.43. The van der Waals surface area contributed by atoms with E-state index in [1.165, 1.54) is 30.0 Å². The van der Waals surface area contributed by atoms with Crippen molar-refractivity contribution in [2.45, 2.75) is 33.2 Å². The number of hydrogen-bond donors (Lipinski definition) is 1. The second-order valence-electron chi connectivity index (χ2n) is 7.97. The Morgan fingerprint density at radius 3 is 2.47 bits per heavy atom. The number of nitrogens with one attached hydrogen (secondary N) is 1. The third kappa shape index (κ3) is 3.61. The zero-order valence-corrected chi connectivity index (χ0v) is 20.0. The van der Waals surface area contributed by atoms with Gasteiger partial charge in [0.2, 0.25) is 0 Å². The molecule has 1 N–H and O–H groups in total. The quantitative estimate of drug-likeness (QED) is 0.315. The molecule has 154 valence electrons. The molecule has 0 aliphatic carbocycles. The molecule has 6 heteroatoms. The lowest BCUT2D eigenvalue weighted by Crippen LogP contribution is -2.43. The zero-order valence-electron chi connectivity index (χ0n) is 17.6. The Balaban J connectivity index is 1.92. The fourth-order valence-corrected chi connectivity index (χ4v) is 6.86. The predicted molar refractivity (Wildman–Crippen MR) is 134 cm³/mol. The topological polar surface area (TPSA) is 38.3 Å². The van der Waals surface area contributed by atoms with E-state index in [1.807, 2.05) is 30.3 Å². The van der Waals surface area contributed by atoms with Gasteiger partial charge < -0.3 is 10.1 Å². The summed E-state index contributed by atoms with van der Waals surface area (Å²) >= 11 is 9.04. The van der Waals surface area contributed by atoms with Gasteiger partial charge in [0.05, 0.1) is 16.9 Å². The summed E-state index contributed by atoms with van der Waals surface area (Å²) in [5.41, 5.74) is 6.26. The fourth-order valence-electron chi connectivity index (χ4n) is 3.75. The molecule has 2 aliphatic rings. The Morgan fingerprint density at radius 2 is 1.80 bits per heavy atom. The summed E-state index contributed by atoms with van der Waals surface area (Å²) < 4.78 is 6.13. The van der Waals surface area contributed by atoms with E-state index in [1.54, 1.807) is 11.8 Å². The number of thioether (sulfide) groups is 2. The van der Waals surface area contributed by atoms with Crippen LogP contribution in [0.5, 0.6) is 0 Å². The molecule has 0 unspecified atom stereocenters. The highest BCUT2D eigenvalue weighted by molar-refractivity contribution is 8.32. The smallest absolute Gasteiger partial charge is 0.345 e. The Labute approximate surface area is 191 Å². The van der Waals surface area contributed by atoms with Crippen LogP contribution >= 0.6 is 35.7 Å². The fraction of sp³-hybridized carbons (Fsp3) is 0.250. The summed E-state index contributed by atoms with van der Waals surface area (Å²) in [7, 11) is 1.43. The standard InChI is InChI=1S/C24H23NO2S3/c1-13-11-14(2)18-16(12-13)17(21(28)24(3,4)25-18)23-29-19(15-9-7-6-8-10-15)20(30-23)22(26)27-5/h6-12,25H,1-5H3/b23-17-. The van der Waals surface area contributed by atoms with Crippen LogP contribution in [-0.2, 0) is 9.53 Å². The van der Waals surface area contributed by atoms with Crippen molar-refractivity contribution in [1.29, 1.82) is 0 Å². The number of hydrogen-bond acceptors (Lipinski definition) is 6. The van der Waals surface area contributed by atoms with E-state index >= 15 is 0 Å². The first kappa shape index (κ1) is 21.2. The molecule has 2 heterocycles. The van der Waals surface area contributed by atoms with E-state index in [2.05, 4.69) is 45.1 Å². The molecule has 0 radical (unpaired) electrons. The molecule has 4 rings (SSSR count). The minimum atomic E-state index is -0.368. The maximum atomic E-state index is 12.6. The van der Waals surface area contributed by atoms with Crippen molar-refractivity contribution >= 4 is 62.7 Å². The van der Waals surface area contributed by atoms with Crippen LogP contribution in [0, 0.1) is 13.8 Å². The SMILES string of the molecule is COC(=O)C1=C(c2ccccc2)S/C(=C2/C(=S)C(C)(C)Nc3c(C)cc(C)cc32)S1. The molecule has 0 saturated heterocycles. The van der Waals surface area contributed by atoms with Crippen molar-refractivity contribution in [3.05, 3.63) is 73.9 Å². The van der Waals surface area contributed by atoms with Gasteiger partial charge in [-0.2, -0.15) is 0 Å². The highest BCUT2D eigenvalue weighted by Crippen LogP contribution is 2.58. The third-order valence-electron chi connectivity index (χ3n) is 5.19. The molecule has 3 nitrogen and oxygen atoms in total. The van der Waals surface area contributed by atoms with Crippen molar-refractivity contribution in [3.8, 4) is 0 Å². The van der Waals surface area contributed by atoms with Gasteiger partial charge >= 0.3 is 5.97 Å². The number of thiocarbonyl (C=S) groups is 1. The van der Waals surface area contributed by atoms with Gasteiger partial charge in [0.25, 0.3) is 0 Å². The van der Waals surface area contributed by atoms with E-state index < -0.39 is 0 Å². The van der Waals surface area contributed by atoms with Gasteiger partial charge in [-0.25, -0.2) is 4.79 Å². The predicted octanol–water partition coefficient (Wildman–Crippen LogP) is 6.57. The van der Waals surface area contributed by atoms with Gasteiger partial charge in [-0.05, 0) is 44.9 Å². The highest BCUT2D eigenvalue weighted by atomic mass is 32.2. The lowest BCUT2D eigenvalue weighted by atomic mass is 9.84. The first-order valence-corrected chi connectivity index (χ1v) is 11.7. The van der Waals surface area contributed by atoms with E-state index in [4.69, 9.17) is 17.0 Å². The number of carbonyl (C=O) groups is 1. The molecule has 0 bridgehead atoms. The van der Waals surface area contributed by atoms with Crippen LogP contribution in [0.25, 0.3) is 10.5 Å². The molecule has 0 fully saturated rings. The van der Waals surface area contributed by atoms with Gasteiger partial charge in [0.15, 0.2) is 0 Å². The summed E-state index contributed by atoms with van der Waals surface area (Å²) in [5.74, 6) is -0.318. The molecule has 0 spiro atoms. The average Bonchev–Trinajstić information content (AvgIpc) is 3.15. The Kier molecular flexibility index (Phi) is 5.60. The number of benzene rings is 2. The van der Waals surface area contributed by atoms with Crippen LogP contribution < -0.4 is 5.32 Å². The van der Waals surface area contributed by atoms with Crippen molar-refractivity contribution < 1.29 is 9.53 Å². The number of ether oxygens (including phenoxy) is 1. The molecular formula is C24H23NO2S3. The van der Waals surface area contributed by atoms with Crippen LogP contribution in [0.3, 0.4) is 0 Å². The van der Waals surface area contributed by atoms with E-state index in [0.29, 0.717) is 4.91 Å². The number of rotatable bonds is 2. The molecular weight excluding hydrogens is 430 g/mol. The molecule has 2 aromatic rings. The number of esters is 1. The van der Waals surface area contributed by atoms with Crippen molar-refractivity contribution in [2.75, 3.05) is 12.4 Å². The zero-order chi connectivity index (χ0) is 21.6. The Hall–Kier alpha value is -2.02. The maximum absolute atomic E-state index is 12.6. The lowest BCUT2D eigenvalue weighted by molar-refractivity contribution is -0.135. The number of methoxy groups -OCH3 is 1. The third-order valence-corrected chi connectivity index (χ3v) is 8.53. The van der Waals surface area contributed by atoms with E-state index in [0.717, 1.165) is 36.4 Å². The van der Waals surface area contributed by atoms with Crippen LogP contribution in [-0.4, -0.2) is 23.5 Å². The number of carbonyl (C=O) groups excluding carboxylic acids is 1. The summed E-state index contributed by atoms with van der Waals surface area (Å²) in [6.07, 6.45) is 0. The molecule has 30 heavy (non-hydrogen) atoms. The monoisotopic (exact) mass is 453 g/mol. The van der Waals surface area contributed by atoms with Crippen LogP contribution in [0.4, 0.5) is 5.69 Å². The average molecular weight is 454 g/mol. The van der Waals surface area contributed by atoms with Gasteiger partial charge in [-0.1, -0.05) is 77.7 Å². The van der Waals surface area contributed by atoms with E-state index in [9.17, 15) is 4.79 Å². The summed E-state index contributed by atoms with van der Waals surface area (Å²) in [6, 6.07) is 14.3. The second kappa shape index (κ2) is 7.91. The normalized spacial score (nSPS) is 20.1. The number of anilines is 1. The lowest BCUT2D eigenvalue weighted by Gasteiger charge is -2.38. The first-order chi connectivity index (χ1) is 14.2. The minimum Gasteiger partial charge on any atom is -0.465 e.